The number of benzene rings is 1. The number of rotatable bonds is 7. The van der Waals surface area contributed by atoms with Crippen LogP contribution >= 0.6 is 11.3 Å². The summed E-state index contributed by atoms with van der Waals surface area (Å²) in [5.41, 5.74) is 0.713. The van der Waals surface area contributed by atoms with Crippen LogP contribution in [0, 0.1) is 5.82 Å². The third-order valence-electron chi connectivity index (χ3n) is 4.69. The van der Waals surface area contributed by atoms with Crippen molar-refractivity contribution in [2.45, 2.75) is 12.5 Å². The standard InChI is InChI=1S/C20H27FN4OS/c1-22-20(23-9-8-16-5-2-3-6-17(16)21)24-15-18(19-7-4-14-27-19)25-10-12-26-13-11-25/h2-7,14,18H,8-13,15H2,1H3,(H2,22,23,24). The van der Waals surface area contributed by atoms with Gasteiger partial charge in [0.15, 0.2) is 5.96 Å². The molecule has 1 aliphatic rings. The van der Waals surface area contributed by atoms with Gasteiger partial charge in [0.05, 0.1) is 19.3 Å². The first-order valence-corrected chi connectivity index (χ1v) is 10.2. The van der Waals surface area contributed by atoms with Gasteiger partial charge in [0.1, 0.15) is 5.82 Å². The number of morpholine rings is 1. The predicted octanol–water partition coefficient (Wildman–Crippen LogP) is 2.67. The second-order valence-electron chi connectivity index (χ2n) is 6.40. The predicted molar refractivity (Wildman–Crippen MR) is 109 cm³/mol. The first-order valence-electron chi connectivity index (χ1n) is 9.31. The van der Waals surface area contributed by atoms with Gasteiger partial charge in [-0.3, -0.25) is 9.89 Å². The lowest BCUT2D eigenvalue weighted by Crippen LogP contribution is -2.46. The Kier molecular flexibility index (Phi) is 7.62. The van der Waals surface area contributed by atoms with Gasteiger partial charge in [0.2, 0.25) is 0 Å². The summed E-state index contributed by atoms with van der Waals surface area (Å²) in [6, 6.07) is 11.5. The molecule has 1 aliphatic heterocycles. The van der Waals surface area contributed by atoms with Crippen molar-refractivity contribution in [3.63, 3.8) is 0 Å². The van der Waals surface area contributed by atoms with Crippen LogP contribution in [0.3, 0.4) is 0 Å². The van der Waals surface area contributed by atoms with Crippen LogP contribution in [-0.4, -0.2) is 57.3 Å². The van der Waals surface area contributed by atoms with Gasteiger partial charge >= 0.3 is 0 Å². The molecule has 0 saturated carbocycles. The smallest absolute Gasteiger partial charge is 0.191 e. The van der Waals surface area contributed by atoms with Crippen molar-refractivity contribution in [2.75, 3.05) is 46.4 Å². The summed E-state index contributed by atoms with van der Waals surface area (Å²) in [5, 5.41) is 8.82. The molecule has 7 heteroatoms. The molecule has 2 aromatic rings. The molecule has 1 saturated heterocycles. The molecular weight excluding hydrogens is 363 g/mol. The minimum atomic E-state index is -0.160. The highest BCUT2D eigenvalue weighted by atomic mass is 32.1. The molecule has 146 valence electrons. The van der Waals surface area contributed by atoms with Crippen molar-refractivity contribution in [3.05, 3.63) is 58.0 Å². The Morgan fingerprint density at radius 3 is 2.74 bits per heavy atom. The summed E-state index contributed by atoms with van der Waals surface area (Å²) in [4.78, 5) is 8.09. The van der Waals surface area contributed by atoms with Gasteiger partial charge in [0.25, 0.3) is 0 Å². The van der Waals surface area contributed by atoms with E-state index in [-0.39, 0.29) is 5.82 Å². The zero-order valence-corrected chi connectivity index (χ0v) is 16.5. The Morgan fingerprint density at radius 2 is 2.04 bits per heavy atom. The number of hydrogen-bond donors (Lipinski definition) is 2. The van der Waals surface area contributed by atoms with Crippen molar-refractivity contribution in [2.24, 2.45) is 4.99 Å². The van der Waals surface area contributed by atoms with E-state index in [1.807, 2.05) is 12.1 Å². The van der Waals surface area contributed by atoms with Crippen LogP contribution in [-0.2, 0) is 11.2 Å². The van der Waals surface area contributed by atoms with Gasteiger partial charge in [0, 0.05) is 38.1 Å². The third kappa shape index (κ3) is 5.76. The number of ether oxygens (including phenoxy) is 1. The molecular formula is C20H27FN4OS. The van der Waals surface area contributed by atoms with Gasteiger partial charge in [-0.25, -0.2) is 4.39 Å². The van der Waals surface area contributed by atoms with Crippen LogP contribution in [0.1, 0.15) is 16.5 Å². The number of guanidine groups is 1. The molecule has 2 heterocycles. The third-order valence-corrected chi connectivity index (χ3v) is 5.66. The van der Waals surface area contributed by atoms with Gasteiger partial charge in [-0.2, -0.15) is 0 Å². The minimum Gasteiger partial charge on any atom is -0.379 e. The Morgan fingerprint density at radius 1 is 1.22 bits per heavy atom. The molecule has 5 nitrogen and oxygen atoms in total. The van der Waals surface area contributed by atoms with Crippen LogP contribution in [0.15, 0.2) is 46.8 Å². The lowest BCUT2D eigenvalue weighted by atomic mass is 10.1. The average molecular weight is 391 g/mol. The second-order valence-corrected chi connectivity index (χ2v) is 7.38. The maximum absolute atomic E-state index is 13.7. The van der Waals surface area contributed by atoms with Crippen LogP contribution < -0.4 is 10.6 Å². The number of halogens is 1. The number of nitrogens with one attached hydrogen (secondary N) is 2. The summed E-state index contributed by atoms with van der Waals surface area (Å²) in [6.07, 6.45) is 0.616. The summed E-state index contributed by atoms with van der Waals surface area (Å²) in [6.45, 7) is 4.81. The highest BCUT2D eigenvalue weighted by molar-refractivity contribution is 7.10. The number of hydrogen-bond acceptors (Lipinski definition) is 4. The van der Waals surface area contributed by atoms with E-state index in [9.17, 15) is 4.39 Å². The first-order chi connectivity index (χ1) is 13.3. The van der Waals surface area contributed by atoms with Crippen LogP contribution in [0.5, 0.6) is 0 Å². The molecule has 0 bridgehead atoms. The van der Waals surface area contributed by atoms with E-state index in [0.717, 1.165) is 38.8 Å². The molecule has 27 heavy (non-hydrogen) atoms. The maximum atomic E-state index is 13.7. The molecule has 1 fully saturated rings. The molecule has 0 spiro atoms. The van der Waals surface area contributed by atoms with Crippen molar-refractivity contribution in [1.29, 1.82) is 0 Å². The zero-order chi connectivity index (χ0) is 18.9. The quantitative estimate of drug-likeness (QED) is 0.564. The Bertz CT molecular complexity index is 717. The molecule has 1 atom stereocenters. The minimum absolute atomic E-state index is 0.160. The van der Waals surface area contributed by atoms with Crippen molar-refractivity contribution < 1.29 is 9.13 Å². The van der Waals surface area contributed by atoms with E-state index in [2.05, 4.69) is 38.0 Å². The molecule has 0 amide bonds. The molecule has 0 aliphatic carbocycles. The highest BCUT2D eigenvalue weighted by Gasteiger charge is 2.23. The van der Waals surface area contributed by atoms with E-state index >= 15 is 0 Å². The fourth-order valence-corrected chi connectivity index (χ4v) is 4.07. The van der Waals surface area contributed by atoms with E-state index in [1.165, 1.54) is 10.9 Å². The molecule has 2 N–H and O–H groups in total. The molecule has 0 radical (unpaired) electrons. The zero-order valence-electron chi connectivity index (χ0n) is 15.7. The van der Waals surface area contributed by atoms with Crippen LogP contribution in [0.2, 0.25) is 0 Å². The van der Waals surface area contributed by atoms with Gasteiger partial charge in [-0.1, -0.05) is 24.3 Å². The lowest BCUT2D eigenvalue weighted by molar-refractivity contribution is 0.0177. The topological polar surface area (TPSA) is 48.9 Å². The molecule has 1 aromatic carbocycles. The van der Waals surface area contributed by atoms with E-state index in [0.29, 0.717) is 24.6 Å². The highest BCUT2D eigenvalue weighted by Crippen LogP contribution is 2.25. The Labute approximate surface area is 164 Å². The fourth-order valence-electron chi connectivity index (χ4n) is 3.21. The second kappa shape index (κ2) is 10.4. The van der Waals surface area contributed by atoms with Crippen molar-refractivity contribution >= 4 is 17.3 Å². The van der Waals surface area contributed by atoms with Gasteiger partial charge < -0.3 is 15.4 Å². The molecule has 1 unspecified atom stereocenters. The van der Waals surface area contributed by atoms with Crippen molar-refractivity contribution in [3.8, 4) is 0 Å². The fraction of sp³-hybridized carbons (Fsp3) is 0.450. The molecule has 3 rings (SSSR count). The van der Waals surface area contributed by atoms with E-state index in [1.54, 1.807) is 24.5 Å². The summed E-state index contributed by atoms with van der Waals surface area (Å²) >= 11 is 1.78. The Hall–Kier alpha value is -1.96. The van der Waals surface area contributed by atoms with Gasteiger partial charge in [-0.05, 0) is 29.5 Å². The van der Waals surface area contributed by atoms with Crippen LogP contribution in [0.25, 0.3) is 0 Å². The normalized spacial score (nSPS) is 16.9. The SMILES string of the molecule is CN=C(NCCc1ccccc1F)NCC(c1cccs1)N1CCOCC1. The van der Waals surface area contributed by atoms with Crippen LogP contribution in [0.4, 0.5) is 4.39 Å². The molecule has 1 aromatic heterocycles. The maximum Gasteiger partial charge on any atom is 0.191 e. The van der Waals surface area contributed by atoms with E-state index in [4.69, 9.17) is 4.74 Å². The van der Waals surface area contributed by atoms with E-state index < -0.39 is 0 Å². The summed E-state index contributed by atoms with van der Waals surface area (Å²) in [7, 11) is 1.76. The lowest BCUT2D eigenvalue weighted by Gasteiger charge is -2.34. The largest absolute Gasteiger partial charge is 0.379 e. The first kappa shape index (κ1) is 19.8. The van der Waals surface area contributed by atoms with Gasteiger partial charge in [-0.15, -0.1) is 11.3 Å². The Balaban J connectivity index is 1.52. The average Bonchev–Trinajstić information content (AvgIpc) is 3.23. The monoisotopic (exact) mass is 390 g/mol. The number of nitrogens with zero attached hydrogens (tertiary/aromatic N) is 2. The van der Waals surface area contributed by atoms with Crippen molar-refractivity contribution in [1.82, 2.24) is 15.5 Å². The number of aliphatic imine (C=N–C) groups is 1. The summed E-state index contributed by atoms with van der Waals surface area (Å²) < 4.78 is 19.2. The number of thiophene rings is 1. The summed E-state index contributed by atoms with van der Waals surface area (Å²) in [5.74, 6) is 0.577.